The number of nitrogens with one attached hydrogen (secondary N) is 3. The lowest BCUT2D eigenvalue weighted by Crippen LogP contribution is -2.60. The van der Waals surface area contributed by atoms with E-state index in [1.54, 1.807) is 13.8 Å². The summed E-state index contributed by atoms with van der Waals surface area (Å²) in [6.45, 7) is 3.54. The first-order valence-corrected chi connectivity index (χ1v) is 7.23. The summed E-state index contributed by atoms with van der Waals surface area (Å²) in [5, 5.41) is 1.88. The van der Waals surface area contributed by atoms with Crippen molar-refractivity contribution in [1.82, 2.24) is 16.2 Å². The predicted molar refractivity (Wildman–Crippen MR) is 78.5 cm³/mol. The average Bonchev–Trinajstić information content (AvgIpc) is 2.84. The molecule has 0 bridgehead atoms. The fourth-order valence-electron chi connectivity index (χ4n) is 2.07. The maximum absolute atomic E-state index is 14.1. The van der Waals surface area contributed by atoms with Gasteiger partial charge >= 0.3 is 6.18 Å². The van der Waals surface area contributed by atoms with E-state index in [2.05, 4.69) is 16.2 Å². The minimum absolute atomic E-state index is 0.256. The van der Waals surface area contributed by atoms with Crippen LogP contribution in [0.5, 0.6) is 5.75 Å². The molecular formula is C14H14ClF4N3O2. The van der Waals surface area contributed by atoms with E-state index >= 15 is 0 Å². The monoisotopic (exact) mass is 367 g/mol. The van der Waals surface area contributed by atoms with Gasteiger partial charge in [0.05, 0.1) is 10.6 Å². The summed E-state index contributed by atoms with van der Waals surface area (Å²) < 4.78 is 57.5. The molecule has 0 aromatic heterocycles. The molecule has 0 aliphatic carbocycles. The number of hydrogen-bond acceptors (Lipinski definition) is 4. The number of likely N-dealkylation sites (N-methyl/N-ethyl adjacent to an activating group) is 1. The fourth-order valence-corrected chi connectivity index (χ4v) is 2.31. The highest BCUT2D eigenvalue weighted by molar-refractivity contribution is 6.32. The van der Waals surface area contributed by atoms with Crippen LogP contribution < -0.4 is 20.9 Å². The number of hydrazine groups is 1. The summed E-state index contributed by atoms with van der Waals surface area (Å²) in [4.78, 5) is 12.2. The van der Waals surface area contributed by atoms with E-state index in [1.807, 2.05) is 0 Å². The largest absolute Gasteiger partial charge is 0.453 e. The molecule has 0 saturated carbocycles. The number of halogens is 5. The lowest BCUT2D eigenvalue weighted by Gasteiger charge is -2.27. The molecule has 0 spiro atoms. The van der Waals surface area contributed by atoms with E-state index in [0.29, 0.717) is 11.8 Å². The molecule has 0 radical (unpaired) electrons. The number of alkyl halides is 3. The predicted octanol–water partition coefficient (Wildman–Crippen LogP) is 2.72. The summed E-state index contributed by atoms with van der Waals surface area (Å²) in [6.07, 6.45) is -3.44. The molecular weight excluding hydrogens is 354 g/mol. The average molecular weight is 368 g/mol. The van der Waals surface area contributed by atoms with Crippen molar-refractivity contribution in [2.45, 2.75) is 25.7 Å². The molecule has 5 nitrogen and oxygen atoms in total. The van der Waals surface area contributed by atoms with Crippen molar-refractivity contribution in [3.8, 4) is 5.75 Å². The van der Waals surface area contributed by atoms with Crippen molar-refractivity contribution in [1.29, 1.82) is 0 Å². The van der Waals surface area contributed by atoms with Crippen molar-refractivity contribution in [2.75, 3.05) is 6.54 Å². The van der Waals surface area contributed by atoms with Gasteiger partial charge in [-0.05, 0) is 26.0 Å². The number of benzene rings is 1. The van der Waals surface area contributed by atoms with Crippen molar-refractivity contribution >= 4 is 17.5 Å². The second-order valence-corrected chi connectivity index (χ2v) is 5.45. The second kappa shape index (κ2) is 6.48. The molecule has 1 aromatic carbocycles. The first kappa shape index (κ1) is 18.3. The number of rotatable bonds is 4. The first-order valence-electron chi connectivity index (χ1n) is 6.85. The van der Waals surface area contributed by atoms with Gasteiger partial charge in [-0.25, -0.2) is 4.39 Å². The lowest BCUT2D eigenvalue weighted by atomic mass is 10.1. The summed E-state index contributed by atoms with van der Waals surface area (Å²) >= 11 is 5.73. The molecule has 24 heavy (non-hydrogen) atoms. The Morgan fingerprint density at radius 1 is 1.42 bits per heavy atom. The highest BCUT2D eigenvalue weighted by Crippen LogP contribution is 2.38. The van der Waals surface area contributed by atoms with E-state index in [1.165, 1.54) is 6.08 Å². The van der Waals surface area contributed by atoms with Crippen molar-refractivity contribution < 1.29 is 27.1 Å². The molecule has 0 saturated heterocycles. The molecule has 1 heterocycles. The molecule has 1 unspecified atom stereocenters. The van der Waals surface area contributed by atoms with Crippen LogP contribution >= 0.6 is 11.6 Å². The van der Waals surface area contributed by atoms with Crippen LogP contribution in [0.3, 0.4) is 0 Å². The van der Waals surface area contributed by atoms with Gasteiger partial charge in [0.2, 0.25) is 0 Å². The highest BCUT2D eigenvalue weighted by Gasteiger charge is 2.44. The standard InChI is InChI=1S/C14H14ClF4N3O2/c1-3-20-12(23)13(6-7(2)21-22-13)24-11-9(15)4-8(5-10(11)16)14(17,18)19/h4-6,21-22H,3H2,1-2H3,(H,20,23). The molecule has 132 valence electrons. The van der Waals surface area contributed by atoms with Crippen molar-refractivity contribution in [3.63, 3.8) is 0 Å². The summed E-state index contributed by atoms with van der Waals surface area (Å²) in [7, 11) is 0. The number of allylic oxidation sites excluding steroid dienone is 1. The van der Waals surface area contributed by atoms with E-state index in [4.69, 9.17) is 16.3 Å². The van der Waals surface area contributed by atoms with Gasteiger partial charge < -0.3 is 15.5 Å². The van der Waals surface area contributed by atoms with Gasteiger partial charge in [-0.1, -0.05) is 11.6 Å². The first-order chi connectivity index (χ1) is 11.1. The van der Waals surface area contributed by atoms with E-state index < -0.39 is 40.0 Å². The second-order valence-electron chi connectivity index (χ2n) is 5.04. The van der Waals surface area contributed by atoms with Crippen molar-refractivity contribution in [3.05, 3.63) is 40.3 Å². The quantitative estimate of drug-likeness (QED) is 0.716. The third-order valence-corrected chi connectivity index (χ3v) is 3.41. The zero-order valence-corrected chi connectivity index (χ0v) is 13.4. The fraction of sp³-hybridized carbons (Fsp3) is 0.357. The van der Waals surface area contributed by atoms with Crippen molar-refractivity contribution in [2.24, 2.45) is 0 Å². The molecule has 2 rings (SSSR count). The Bertz CT molecular complexity index is 670. The molecule has 1 amide bonds. The maximum atomic E-state index is 14.1. The molecule has 0 fully saturated rings. The Morgan fingerprint density at radius 3 is 2.54 bits per heavy atom. The van der Waals surface area contributed by atoms with Crippen LogP contribution in [0.15, 0.2) is 23.9 Å². The number of hydrogen-bond donors (Lipinski definition) is 3. The van der Waals surface area contributed by atoms with Crippen LogP contribution in [0, 0.1) is 5.82 Å². The van der Waals surface area contributed by atoms with Gasteiger partial charge in [0.25, 0.3) is 11.6 Å². The summed E-state index contributed by atoms with van der Waals surface area (Å²) in [5.41, 5.74) is 2.56. The third kappa shape index (κ3) is 3.57. The normalized spacial score (nSPS) is 20.4. The third-order valence-electron chi connectivity index (χ3n) is 3.13. The zero-order chi connectivity index (χ0) is 18.1. The van der Waals surface area contributed by atoms with Crippen LogP contribution in [0.1, 0.15) is 19.4 Å². The summed E-state index contributed by atoms with van der Waals surface area (Å²) in [5.74, 6) is -2.67. The topological polar surface area (TPSA) is 62.4 Å². The van der Waals surface area contributed by atoms with Gasteiger partial charge in [-0.2, -0.15) is 18.6 Å². The van der Waals surface area contributed by atoms with Gasteiger partial charge in [-0.3, -0.25) is 4.79 Å². The van der Waals surface area contributed by atoms with Gasteiger partial charge in [0.15, 0.2) is 11.6 Å². The molecule has 1 atom stereocenters. The Morgan fingerprint density at radius 2 is 2.08 bits per heavy atom. The molecule has 1 aliphatic rings. The Kier molecular flexibility index (Phi) is 4.95. The summed E-state index contributed by atoms with van der Waals surface area (Å²) in [6, 6.07) is 0.788. The number of amides is 1. The Hall–Kier alpha value is -2.00. The highest BCUT2D eigenvalue weighted by atomic mass is 35.5. The van der Waals surface area contributed by atoms with E-state index in [-0.39, 0.29) is 12.6 Å². The van der Waals surface area contributed by atoms with Gasteiger partial charge in [0, 0.05) is 18.3 Å². The molecule has 10 heteroatoms. The van der Waals surface area contributed by atoms with Gasteiger partial charge in [-0.15, -0.1) is 0 Å². The Balaban J connectivity index is 2.43. The number of carbonyl (C=O) groups excluding carboxylic acids is 1. The molecule has 1 aliphatic heterocycles. The number of ether oxygens (including phenoxy) is 1. The smallest absolute Gasteiger partial charge is 0.416 e. The van der Waals surface area contributed by atoms with Gasteiger partial charge in [0.1, 0.15) is 0 Å². The lowest BCUT2D eigenvalue weighted by molar-refractivity contribution is -0.138. The minimum Gasteiger partial charge on any atom is -0.453 e. The van der Waals surface area contributed by atoms with E-state index in [9.17, 15) is 22.4 Å². The number of carbonyl (C=O) groups is 1. The van der Waals surface area contributed by atoms with Crippen LogP contribution in [0.25, 0.3) is 0 Å². The minimum atomic E-state index is -4.76. The van der Waals surface area contributed by atoms with Crippen LogP contribution in [0.4, 0.5) is 17.6 Å². The zero-order valence-electron chi connectivity index (χ0n) is 12.6. The van der Waals surface area contributed by atoms with Crippen LogP contribution in [-0.2, 0) is 11.0 Å². The Labute approximate surface area is 140 Å². The van der Waals surface area contributed by atoms with Crippen LogP contribution in [0.2, 0.25) is 5.02 Å². The van der Waals surface area contributed by atoms with Crippen LogP contribution in [-0.4, -0.2) is 18.2 Å². The molecule has 1 aromatic rings. The van der Waals surface area contributed by atoms with E-state index in [0.717, 1.165) is 0 Å². The molecule has 3 N–H and O–H groups in total. The SMILES string of the molecule is CCNC(=O)C1(Oc2c(F)cc(C(F)(F)F)cc2Cl)C=C(C)NN1. The maximum Gasteiger partial charge on any atom is 0.416 e.